The van der Waals surface area contributed by atoms with Crippen molar-refractivity contribution in [3.8, 4) is 0 Å². The van der Waals surface area contributed by atoms with Crippen LogP contribution in [0.2, 0.25) is 0 Å². The van der Waals surface area contributed by atoms with Gasteiger partial charge in [0.15, 0.2) is 5.78 Å². The zero-order chi connectivity index (χ0) is 11.4. The Labute approximate surface area is 98.7 Å². The van der Waals surface area contributed by atoms with E-state index in [1.165, 1.54) is 32.1 Å². The first-order valence-corrected chi connectivity index (χ1v) is 6.85. The van der Waals surface area contributed by atoms with Crippen LogP contribution >= 0.6 is 0 Å². The van der Waals surface area contributed by atoms with E-state index < -0.39 is 5.60 Å². The third-order valence-electron chi connectivity index (χ3n) is 4.51. The molecule has 0 atom stereocenters. The minimum Gasteiger partial charge on any atom is -0.370 e. The maximum absolute atomic E-state index is 12.4. The van der Waals surface area contributed by atoms with E-state index in [1.54, 1.807) is 7.11 Å². The summed E-state index contributed by atoms with van der Waals surface area (Å²) in [6.07, 6.45) is 11.4. The van der Waals surface area contributed by atoms with E-state index in [1.807, 2.05) is 0 Å². The van der Waals surface area contributed by atoms with Crippen LogP contribution in [0.5, 0.6) is 0 Å². The number of hydrogen-bond donors (Lipinski definition) is 0. The summed E-state index contributed by atoms with van der Waals surface area (Å²) in [4.78, 5) is 12.4. The molecule has 0 unspecified atom stereocenters. The molecule has 0 aromatic carbocycles. The summed E-state index contributed by atoms with van der Waals surface area (Å²) in [7, 11) is 1.73. The number of carbonyl (C=O) groups excluding carboxylic acids is 1. The smallest absolute Gasteiger partial charge is 0.164 e. The highest BCUT2D eigenvalue weighted by Crippen LogP contribution is 2.36. The second-order valence-corrected chi connectivity index (χ2v) is 5.54. The van der Waals surface area contributed by atoms with E-state index in [4.69, 9.17) is 4.74 Å². The second kappa shape index (κ2) is 5.31. The highest BCUT2D eigenvalue weighted by Gasteiger charge is 2.39. The third-order valence-corrected chi connectivity index (χ3v) is 4.51. The van der Waals surface area contributed by atoms with Crippen LogP contribution in [-0.4, -0.2) is 18.5 Å². The van der Waals surface area contributed by atoms with Gasteiger partial charge in [-0.15, -0.1) is 0 Å². The van der Waals surface area contributed by atoms with Crippen molar-refractivity contribution < 1.29 is 9.53 Å². The molecule has 2 fully saturated rings. The fourth-order valence-electron chi connectivity index (χ4n) is 3.04. The van der Waals surface area contributed by atoms with Crippen LogP contribution in [0.25, 0.3) is 0 Å². The fraction of sp³-hybridized carbons (Fsp3) is 0.929. The van der Waals surface area contributed by atoms with Crippen LogP contribution in [0.15, 0.2) is 0 Å². The second-order valence-electron chi connectivity index (χ2n) is 5.54. The van der Waals surface area contributed by atoms with Crippen LogP contribution in [0.3, 0.4) is 0 Å². The van der Waals surface area contributed by atoms with Gasteiger partial charge in [-0.25, -0.2) is 0 Å². The van der Waals surface area contributed by atoms with Crippen molar-refractivity contribution in [3.63, 3.8) is 0 Å². The van der Waals surface area contributed by atoms with Gasteiger partial charge in [0.05, 0.1) is 0 Å². The predicted octanol–water partition coefficient (Wildman–Crippen LogP) is 3.49. The molecule has 0 heterocycles. The van der Waals surface area contributed by atoms with E-state index >= 15 is 0 Å². The lowest BCUT2D eigenvalue weighted by atomic mass is 9.77. The zero-order valence-corrected chi connectivity index (χ0v) is 10.5. The molecule has 2 heteroatoms. The van der Waals surface area contributed by atoms with E-state index in [9.17, 15) is 4.79 Å². The molecule has 0 saturated heterocycles. The molecule has 0 amide bonds. The van der Waals surface area contributed by atoms with Gasteiger partial charge in [0.25, 0.3) is 0 Å². The summed E-state index contributed by atoms with van der Waals surface area (Å²) >= 11 is 0. The first-order chi connectivity index (χ1) is 7.77. The average Bonchev–Trinajstić information content (AvgIpc) is 2.49. The van der Waals surface area contributed by atoms with Crippen LogP contribution in [0, 0.1) is 5.92 Å². The first kappa shape index (κ1) is 12.1. The SMILES string of the molecule is COC1(C(=O)CC2CCC2)CCCCCC1. The monoisotopic (exact) mass is 224 g/mol. The molecule has 0 aliphatic heterocycles. The largest absolute Gasteiger partial charge is 0.370 e. The Morgan fingerprint density at radius 3 is 2.19 bits per heavy atom. The van der Waals surface area contributed by atoms with E-state index in [2.05, 4.69) is 0 Å². The van der Waals surface area contributed by atoms with Crippen LogP contribution < -0.4 is 0 Å². The zero-order valence-electron chi connectivity index (χ0n) is 10.5. The number of ketones is 1. The Morgan fingerprint density at radius 2 is 1.75 bits per heavy atom. The molecule has 2 aliphatic carbocycles. The molecule has 2 nitrogen and oxygen atoms in total. The molecular formula is C14H24O2. The summed E-state index contributed by atoms with van der Waals surface area (Å²) in [6, 6.07) is 0. The van der Waals surface area contributed by atoms with Gasteiger partial charge in [-0.3, -0.25) is 4.79 Å². The highest BCUT2D eigenvalue weighted by atomic mass is 16.5. The summed E-state index contributed by atoms with van der Waals surface area (Å²) in [6.45, 7) is 0. The number of ether oxygens (including phenoxy) is 1. The number of Topliss-reactive ketones (excluding diaryl/α,β-unsaturated/α-hetero) is 1. The van der Waals surface area contributed by atoms with Crippen molar-refractivity contribution >= 4 is 5.78 Å². The normalized spacial score (nSPS) is 25.8. The van der Waals surface area contributed by atoms with Crippen molar-refractivity contribution in [2.45, 2.75) is 69.8 Å². The Balaban J connectivity index is 1.96. The van der Waals surface area contributed by atoms with Gasteiger partial charge in [-0.05, 0) is 18.8 Å². The molecule has 2 rings (SSSR count). The molecule has 0 N–H and O–H groups in total. The van der Waals surface area contributed by atoms with Gasteiger partial charge >= 0.3 is 0 Å². The molecule has 2 aliphatic rings. The van der Waals surface area contributed by atoms with Crippen LogP contribution in [0.4, 0.5) is 0 Å². The summed E-state index contributed by atoms with van der Waals surface area (Å²) in [5.41, 5.74) is -0.411. The predicted molar refractivity (Wildman–Crippen MR) is 64.4 cm³/mol. The number of carbonyl (C=O) groups is 1. The molecule has 0 spiro atoms. The van der Waals surface area contributed by atoms with Gasteiger partial charge in [0, 0.05) is 13.5 Å². The summed E-state index contributed by atoms with van der Waals surface area (Å²) in [5, 5.41) is 0. The quantitative estimate of drug-likeness (QED) is 0.683. The number of methoxy groups -OCH3 is 1. The Kier molecular flexibility index (Phi) is 4.01. The number of rotatable bonds is 4. The minimum absolute atomic E-state index is 0.390. The molecule has 2 saturated carbocycles. The Hall–Kier alpha value is -0.370. The van der Waals surface area contributed by atoms with Crippen LogP contribution in [-0.2, 0) is 9.53 Å². The minimum atomic E-state index is -0.411. The van der Waals surface area contributed by atoms with E-state index in [-0.39, 0.29) is 0 Å². The highest BCUT2D eigenvalue weighted by molar-refractivity contribution is 5.87. The van der Waals surface area contributed by atoms with Gasteiger partial charge in [-0.1, -0.05) is 44.9 Å². The maximum Gasteiger partial charge on any atom is 0.164 e. The van der Waals surface area contributed by atoms with Crippen molar-refractivity contribution in [1.82, 2.24) is 0 Å². The summed E-state index contributed by atoms with van der Waals surface area (Å²) < 4.78 is 5.64. The van der Waals surface area contributed by atoms with E-state index in [0.29, 0.717) is 11.7 Å². The van der Waals surface area contributed by atoms with E-state index in [0.717, 1.165) is 32.1 Å². The lowest BCUT2D eigenvalue weighted by molar-refractivity contribution is -0.144. The molecule has 92 valence electrons. The Morgan fingerprint density at radius 1 is 1.12 bits per heavy atom. The average molecular weight is 224 g/mol. The van der Waals surface area contributed by atoms with Crippen molar-refractivity contribution in [2.24, 2.45) is 5.92 Å². The standard InChI is InChI=1S/C14H24O2/c1-16-14(9-4-2-3-5-10-14)13(15)11-12-7-6-8-12/h12H,2-11H2,1H3. The molecule has 0 aromatic rings. The first-order valence-electron chi connectivity index (χ1n) is 6.85. The molecular weight excluding hydrogens is 200 g/mol. The lowest BCUT2D eigenvalue weighted by Gasteiger charge is -2.33. The van der Waals surface area contributed by atoms with Crippen molar-refractivity contribution in [2.75, 3.05) is 7.11 Å². The van der Waals surface area contributed by atoms with Crippen molar-refractivity contribution in [3.05, 3.63) is 0 Å². The fourth-order valence-corrected chi connectivity index (χ4v) is 3.04. The number of hydrogen-bond acceptors (Lipinski definition) is 2. The van der Waals surface area contributed by atoms with Crippen LogP contribution in [0.1, 0.15) is 64.2 Å². The molecule has 0 bridgehead atoms. The molecule has 0 radical (unpaired) electrons. The maximum atomic E-state index is 12.4. The van der Waals surface area contributed by atoms with Gasteiger partial charge in [0.1, 0.15) is 5.60 Å². The van der Waals surface area contributed by atoms with Crippen molar-refractivity contribution in [1.29, 1.82) is 0 Å². The molecule has 0 aromatic heterocycles. The van der Waals surface area contributed by atoms with Gasteiger partial charge in [-0.2, -0.15) is 0 Å². The lowest BCUT2D eigenvalue weighted by Crippen LogP contribution is -2.41. The van der Waals surface area contributed by atoms with Gasteiger partial charge in [0.2, 0.25) is 0 Å². The Bertz CT molecular complexity index is 235. The topological polar surface area (TPSA) is 26.3 Å². The molecule has 16 heavy (non-hydrogen) atoms. The van der Waals surface area contributed by atoms with Gasteiger partial charge < -0.3 is 4.74 Å². The third kappa shape index (κ3) is 2.48. The summed E-state index contributed by atoms with van der Waals surface area (Å²) in [5.74, 6) is 1.06.